The van der Waals surface area contributed by atoms with Crippen molar-refractivity contribution in [2.45, 2.75) is 44.3 Å². The molecule has 52 heavy (non-hydrogen) atoms. The number of rotatable bonds is 15. The van der Waals surface area contributed by atoms with Gasteiger partial charge in [-0.05, 0) is 70.5 Å². The number of carbonyl (C=O) groups excluding carboxylic acids is 2. The Kier molecular flexibility index (Phi) is 12.8. The molecular formula is C42H41N7O2S. The molecule has 0 bridgehead atoms. The van der Waals surface area contributed by atoms with Gasteiger partial charge >= 0.3 is 0 Å². The average Bonchev–Trinajstić information content (AvgIpc) is 4.00. The molecule has 0 saturated carbocycles. The second-order valence-corrected chi connectivity index (χ2v) is 13.2. The van der Waals surface area contributed by atoms with Crippen molar-refractivity contribution in [3.05, 3.63) is 173 Å². The summed E-state index contributed by atoms with van der Waals surface area (Å²) < 4.78 is 0. The third kappa shape index (κ3) is 10.6. The topological polar surface area (TPSA) is 142 Å². The van der Waals surface area contributed by atoms with E-state index in [1.165, 1.54) is 0 Å². The zero-order valence-corrected chi connectivity index (χ0v) is 29.5. The molecule has 7 aromatic rings. The van der Waals surface area contributed by atoms with Gasteiger partial charge in [0, 0.05) is 37.2 Å². The Bertz CT molecular complexity index is 2100. The summed E-state index contributed by atoms with van der Waals surface area (Å²) in [6.07, 6.45) is 5.39. The van der Waals surface area contributed by atoms with Crippen LogP contribution in [0, 0.1) is 0 Å². The molecule has 0 fully saturated rings. The Morgan fingerprint density at radius 1 is 0.654 bits per heavy atom. The molecular weight excluding hydrogens is 667 g/mol. The Morgan fingerprint density at radius 3 is 1.71 bits per heavy atom. The summed E-state index contributed by atoms with van der Waals surface area (Å²) in [5.41, 5.74) is 17.0. The van der Waals surface area contributed by atoms with Crippen LogP contribution in [0.25, 0.3) is 22.5 Å². The van der Waals surface area contributed by atoms with Gasteiger partial charge in [0.15, 0.2) is 11.6 Å². The van der Waals surface area contributed by atoms with E-state index in [0.717, 1.165) is 50.5 Å². The van der Waals surface area contributed by atoms with Crippen LogP contribution in [-0.2, 0) is 41.8 Å². The molecule has 2 atom stereocenters. The van der Waals surface area contributed by atoms with Gasteiger partial charge in [0.25, 0.3) is 0 Å². The van der Waals surface area contributed by atoms with E-state index >= 15 is 0 Å². The number of hydrogen-bond donors (Lipinski definition) is 4. The second kappa shape index (κ2) is 18.4. The van der Waals surface area contributed by atoms with E-state index in [1.54, 1.807) is 23.7 Å². The number of hydrogen-bond acceptors (Lipinski definition) is 8. The Balaban J connectivity index is 0.000000183. The van der Waals surface area contributed by atoms with Crippen molar-refractivity contribution in [2.24, 2.45) is 5.73 Å². The van der Waals surface area contributed by atoms with E-state index in [1.807, 2.05) is 120 Å². The highest BCUT2D eigenvalue weighted by Gasteiger charge is 2.20. The quantitative estimate of drug-likeness (QED) is 0.0918. The van der Waals surface area contributed by atoms with Crippen LogP contribution in [0.3, 0.4) is 0 Å². The lowest BCUT2D eigenvalue weighted by molar-refractivity contribution is -0.120. The normalized spacial score (nSPS) is 12.0. The summed E-state index contributed by atoms with van der Waals surface area (Å²) in [4.78, 5) is 29.9. The molecule has 0 radical (unpaired) electrons. The first-order chi connectivity index (χ1) is 25.5. The predicted octanol–water partition coefficient (Wildman–Crippen LogP) is 6.80. The van der Waals surface area contributed by atoms with Crippen LogP contribution < -0.4 is 11.1 Å². The third-order valence-corrected chi connectivity index (χ3v) is 9.27. The number of aromatic nitrogens is 5. The van der Waals surface area contributed by atoms with Crippen molar-refractivity contribution in [3.8, 4) is 22.5 Å². The van der Waals surface area contributed by atoms with E-state index in [0.29, 0.717) is 32.2 Å². The molecule has 5 N–H and O–H groups in total. The first kappa shape index (κ1) is 36.0. The molecule has 0 aliphatic carbocycles. The molecule has 0 spiro atoms. The summed E-state index contributed by atoms with van der Waals surface area (Å²) in [7, 11) is 0. The average molecular weight is 708 g/mol. The molecule has 0 saturated heterocycles. The molecule has 0 amide bonds. The fourth-order valence-corrected chi connectivity index (χ4v) is 6.43. The number of ketones is 2. The van der Waals surface area contributed by atoms with Crippen molar-refractivity contribution >= 4 is 22.9 Å². The molecule has 9 nitrogen and oxygen atoms in total. The first-order valence-corrected chi connectivity index (χ1v) is 18.1. The van der Waals surface area contributed by atoms with Crippen molar-refractivity contribution in [2.75, 3.05) is 0 Å². The molecule has 0 aliphatic heterocycles. The van der Waals surface area contributed by atoms with Crippen LogP contribution in [0.5, 0.6) is 0 Å². The van der Waals surface area contributed by atoms with Crippen molar-refractivity contribution < 1.29 is 9.59 Å². The minimum absolute atomic E-state index is 0.0515. The number of benzene rings is 4. The number of H-pyrrole nitrogens is 2. The standard InChI is InChI=1S/C23H22N4OS.C19H19N3O/c28-23(13-18-7-4-8-19(11-18)21-9-10-26-27-21)22(12-17-5-2-1-3-6-17)24-14-20-15-29-16-25-20;20-17(12-14-5-2-1-3-6-14)19(23)13-15-7-4-8-16(11-15)18-9-10-21-22-18/h1-11,15-16,22,24H,12-14H2,(H,26,27);1-11,17H,12-13,20H2,(H,21,22)/t22-;17-/m00/s1. The highest BCUT2D eigenvalue weighted by molar-refractivity contribution is 7.07. The predicted molar refractivity (Wildman–Crippen MR) is 206 cm³/mol. The van der Waals surface area contributed by atoms with Crippen LogP contribution >= 0.6 is 11.3 Å². The van der Waals surface area contributed by atoms with Gasteiger partial charge in [0.1, 0.15) is 0 Å². The van der Waals surface area contributed by atoms with E-state index in [-0.39, 0.29) is 17.6 Å². The number of nitrogens with two attached hydrogens (primary N) is 1. The van der Waals surface area contributed by atoms with Gasteiger partial charge in [-0.15, -0.1) is 11.3 Å². The second-order valence-electron chi connectivity index (χ2n) is 12.5. The smallest absolute Gasteiger partial charge is 0.154 e. The summed E-state index contributed by atoms with van der Waals surface area (Å²) in [6, 6.07) is 39.0. The maximum absolute atomic E-state index is 13.2. The molecule has 4 aromatic carbocycles. The van der Waals surface area contributed by atoms with E-state index < -0.39 is 6.04 Å². The summed E-state index contributed by atoms with van der Waals surface area (Å²) in [6.45, 7) is 0.584. The lowest BCUT2D eigenvalue weighted by atomic mass is 9.96. The molecule has 3 heterocycles. The van der Waals surface area contributed by atoms with Gasteiger partial charge in [-0.1, -0.05) is 97.1 Å². The zero-order chi connectivity index (χ0) is 36.0. The van der Waals surface area contributed by atoms with E-state index in [2.05, 4.69) is 42.8 Å². The first-order valence-electron chi connectivity index (χ1n) is 17.2. The summed E-state index contributed by atoms with van der Waals surface area (Å²) in [5.74, 6) is 0.224. The van der Waals surface area contributed by atoms with Crippen molar-refractivity contribution in [1.29, 1.82) is 0 Å². The Labute approximate surface area is 307 Å². The highest BCUT2D eigenvalue weighted by Crippen LogP contribution is 2.20. The number of nitrogens with one attached hydrogen (secondary N) is 3. The Morgan fingerprint density at radius 2 is 1.19 bits per heavy atom. The van der Waals surface area contributed by atoms with Crippen LogP contribution in [0.1, 0.15) is 27.9 Å². The largest absolute Gasteiger partial charge is 0.321 e. The van der Waals surface area contributed by atoms with Crippen LogP contribution in [0.15, 0.2) is 145 Å². The number of carbonyl (C=O) groups is 2. The van der Waals surface area contributed by atoms with Gasteiger partial charge in [0.05, 0.1) is 34.7 Å². The van der Waals surface area contributed by atoms with Gasteiger partial charge < -0.3 is 11.1 Å². The van der Waals surface area contributed by atoms with E-state index in [4.69, 9.17) is 5.73 Å². The van der Waals surface area contributed by atoms with Crippen molar-refractivity contribution in [3.63, 3.8) is 0 Å². The minimum atomic E-state index is -0.479. The van der Waals surface area contributed by atoms with Crippen LogP contribution in [0.4, 0.5) is 0 Å². The lowest BCUT2D eigenvalue weighted by Gasteiger charge is -2.18. The maximum atomic E-state index is 13.2. The van der Waals surface area contributed by atoms with E-state index in [9.17, 15) is 9.59 Å². The van der Waals surface area contributed by atoms with Gasteiger partial charge in [-0.2, -0.15) is 10.2 Å². The summed E-state index contributed by atoms with van der Waals surface area (Å²) in [5, 5.41) is 19.3. The molecule has 0 unspecified atom stereocenters. The number of nitrogens with zero attached hydrogens (tertiary/aromatic N) is 3. The number of Topliss-reactive ketones (excluding diaryl/α,β-unsaturated/α-hetero) is 2. The van der Waals surface area contributed by atoms with Gasteiger partial charge in [0.2, 0.25) is 0 Å². The lowest BCUT2D eigenvalue weighted by Crippen LogP contribution is -2.39. The zero-order valence-electron chi connectivity index (χ0n) is 28.7. The minimum Gasteiger partial charge on any atom is -0.321 e. The fourth-order valence-electron chi connectivity index (χ4n) is 5.87. The number of aromatic amines is 2. The highest BCUT2D eigenvalue weighted by atomic mass is 32.1. The van der Waals surface area contributed by atoms with Gasteiger partial charge in [-0.3, -0.25) is 19.8 Å². The molecule has 3 aromatic heterocycles. The monoisotopic (exact) mass is 707 g/mol. The number of thiazole rings is 1. The van der Waals surface area contributed by atoms with Crippen LogP contribution in [0.2, 0.25) is 0 Å². The SMILES string of the molecule is N[C@@H](Cc1ccccc1)C(=O)Cc1cccc(-c2ccn[nH]2)c1.O=C(Cc1cccc(-c2ccn[nH]2)c1)[C@H](Cc1ccccc1)NCc1cscn1. The Hall–Kier alpha value is -5.81. The molecule has 7 rings (SSSR count). The molecule has 262 valence electrons. The maximum Gasteiger partial charge on any atom is 0.154 e. The fraction of sp³-hybridized carbons (Fsp3) is 0.167. The third-order valence-electron chi connectivity index (χ3n) is 8.63. The summed E-state index contributed by atoms with van der Waals surface area (Å²) >= 11 is 1.56. The van der Waals surface area contributed by atoms with Gasteiger partial charge in [-0.25, -0.2) is 4.98 Å². The van der Waals surface area contributed by atoms with Crippen LogP contribution in [-0.4, -0.2) is 49.0 Å². The molecule has 0 aliphatic rings. The molecule has 10 heteroatoms. The van der Waals surface area contributed by atoms with Crippen molar-refractivity contribution in [1.82, 2.24) is 30.7 Å².